The van der Waals surface area contributed by atoms with E-state index in [9.17, 15) is 0 Å². The summed E-state index contributed by atoms with van der Waals surface area (Å²) in [6.45, 7) is 6.44. The molecule has 0 amide bonds. The predicted molar refractivity (Wildman–Crippen MR) is 89.0 cm³/mol. The van der Waals surface area contributed by atoms with E-state index in [2.05, 4.69) is 43.1 Å². The molecular weight excluding hydrogens is 258 g/mol. The van der Waals surface area contributed by atoms with Crippen molar-refractivity contribution in [1.82, 2.24) is 4.98 Å². The average molecular weight is 283 g/mol. The SMILES string of the molecule is CCC(CC)(c1ccccc1)C(N)c1c(C)ccnc1N. The summed E-state index contributed by atoms with van der Waals surface area (Å²) in [7, 11) is 0. The lowest BCUT2D eigenvalue weighted by Gasteiger charge is -2.39. The van der Waals surface area contributed by atoms with Gasteiger partial charge in [-0.15, -0.1) is 0 Å². The van der Waals surface area contributed by atoms with Crippen LogP contribution in [0.1, 0.15) is 49.4 Å². The Labute approximate surface area is 127 Å². The third-order valence-electron chi connectivity index (χ3n) is 4.76. The molecule has 0 aliphatic carbocycles. The molecule has 0 fully saturated rings. The van der Waals surface area contributed by atoms with Crippen molar-refractivity contribution < 1.29 is 0 Å². The van der Waals surface area contributed by atoms with Crippen LogP contribution in [0.5, 0.6) is 0 Å². The molecule has 21 heavy (non-hydrogen) atoms. The molecule has 1 heterocycles. The zero-order valence-corrected chi connectivity index (χ0v) is 13.1. The van der Waals surface area contributed by atoms with Crippen molar-refractivity contribution in [2.45, 2.75) is 45.1 Å². The highest BCUT2D eigenvalue weighted by Gasteiger charge is 2.37. The highest BCUT2D eigenvalue weighted by Crippen LogP contribution is 2.43. The third kappa shape index (κ3) is 2.66. The third-order valence-corrected chi connectivity index (χ3v) is 4.76. The first kappa shape index (κ1) is 15.5. The first-order chi connectivity index (χ1) is 10.1. The molecule has 1 aromatic carbocycles. The van der Waals surface area contributed by atoms with Gasteiger partial charge in [-0.1, -0.05) is 44.2 Å². The Morgan fingerprint density at radius 1 is 1.10 bits per heavy atom. The number of nitrogens with two attached hydrogens (primary N) is 2. The Morgan fingerprint density at radius 3 is 2.24 bits per heavy atom. The zero-order chi connectivity index (χ0) is 15.5. The smallest absolute Gasteiger partial charge is 0.128 e. The Balaban J connectivity index is 2.58. The number of pyridine rings is 1. The second-order valence-corrected chi connectivity index (χ2v) is 5.63. The number of aryl methyl sites for hydroxylation is 1. The first-order valence-corrected chi connectivity index (χ1v) is 7.59. The van der Waals surface area contributed by atoms with E-state index in [0.717, 1.165) is 24.0 Å². The molecule has 2 rings (SSSR count). The molecule has 3 nitrogen and oxygen atoms in total. The summed E-state index contributed by atoms with van der Waals surface area (Å²) < 4.78 is 0. The Morgan fingerprint density at radius 2 is 1.71 bits per heavy atom. The minimum atomic E-state index is -0.163. The maximum absolute atomic E-state index is 6.71. The highest BCUT2D eigenvalue weighted by molar-refractivity contribution is 5.49. The lowest BCUT2D eigenvalue weighted by atomic mass is 9.68. The minimum absolute atomic E-state index is 0.122. The van der Waals surface area contributed by atoms with Crippen LogP contribution in [0, 0.1) is 6.92 Å². The van der Waals surface area contributed by atoms with E-state index in [1.54, 1.807) is 6.20 Å². The van der Waals surface area contributed by atoms with Crippen LogP contribution in [0.15, 0.2) is 42.6 Å². The minimum Gasteiger partial charge on any atom is -0.383 e. The van der Waals surface area contributed by atoms with E-state index in [4.69, 9.17) is 11.5 Å². The van der Waals surface area contributed by atoms with Crippen molar-refractivity contribution in [3.8, 4) is 0 Å². The number of hydrogen-bond donors (Lipinski definition) is 2. The van der Waals surface area contributed by atoms with E-state index in [0.29, 0.717) is 5.82 Å². The van der Waals surface area contributed by atoms with Gasteiger partial charge >= 0.3 is 0 Å². The van der Waals surface area contributed by atoms with E-state index in [-0.39, 0.29) is 11.5 Å². The van der Waals surface area contributed by atoms with Crippen LogP contribution in [-0.2, 0) is 5.41 Å². The quantitative estimate of drug-likeness (QED) is 0.878. The fraction of sp³-hybridized carbons (Fsp3) is 0.389. The van der Waals surface area contributed by atoms with Gasteiger partial charge in [0.05, 0.1) is 0 Å². The van der Waals surface area contributed by atoms with Gasteiger partial charge < -0.3 is 11.5 Å². The fourth-order valence-corrected chi connectivity index (χ4v) is 3.32. The van der Waals surface area contributed by atoms with Gasteiger partial charge in [0.2, 0.25) is 0 Å². The standard InChI is InChI=1S/C18H25N3/c1-4-18(5-2,14-9-7-6-8-10-14)16(19)15-13(3)11-12-21-17(15)20/h6-12,16H,4-5,19H2,1-3H3,(H2,20,21). The van der Waals surface area contributed by atoms with Gasteiger partial charge in [0.25, 0.3) is 0 Å². The van der Waals surface area contributed by atoms with Crippen LogP contribution < -0.4 is 11.5 Å². The van der Waals surface area contributed by atoms with Gasteiger partial charge in [0.1, 0.15) is 5.82 Å². The molecule has 0 bridgehead atoms. The normalized spacial score (nSPS) is 13.1. The van der Waals surface area contributed by atoms with Gasteiger partial charge in [-0.25, -0.2) is 4.98 Å². The van der Waals surface area contributed by atoms with Crippen molar-refractivity contribution in [3.63, 3.8) is 0 Å². The summed E-state index contributed by atoms with van der Waals surface area (Å²) in [4.78, 5) is 4.23. The highest BCUT2D eigenvalue weighted by atomic mass is 14.8. The molecule has 112 valence electrons. The summed E-state index contributed by atoms with van der Waals surface area (Å²) in [5, 5.41) is 0. The number of aromatic nitrogens is 1. The largest absolute Gasteiger partial charge is 0.383 e. The molecule has 1 unspecified atom stereocenters. The van der Waals surface area contributed by atoms with Gasteiger partial charge in [-0.2, -0.15) is 0 Å². The van der Waals surface area contributed by atoms with Gasteiger partial charge in [0, 0.05) is 23.2 Å². The van der Waals surface area contributed by atoms with Crippen LogP contribution in [0.4, 0.5) is 5.82 Å². The zero-order valence-electron chi connectivity index (χ0n) is 13.1. The Hall–Kier alpha value is -1.87. The molecule has 0 saturated heterocycles. The second kappa shape index (κ2) is 6.27. The van der Waals surface area contributed by atoms with Gasteiger partial charge in [0.15, 0.2) is 0 Å². The lowest BCUT2D eigenvalue weighted by Crippen LogP contribution is -2.38. The number of nitrogens with zero attached hydrogens (tertiary/aromatic N) is 1. The second-order valence-electron chi connectivity index (χ2n) is 5.63. The molecule has 0 aliphatic rings. The molecule has 0 radical (unpaired) electrons. The maximum atomic E-state index is 6.71. The van der Waals surface area contributed by atoms with Crippen molar-refractivity contribution >= 4 is 5.82 Å². The number of hydrogen-bond acceptors (Lipinski definition) is 3. The summed E-state index contributed by atoms with van der Waals surface area (Å²) in [6.07, 6.45) is 3.66. The first-order valence-electron chi connectivity index (χ1n) is 7.59. The van der Waals surface area contributed by atoms with E-state index in [1.165, 1.54) is 5.56 Å². The molecule has 1 aromatic heterocycles. The van der Waals surface area contributed by atoms with Gasteiger partial charge in [-0.3, -0.25) is 0 Å². The molecule has 0 aliphatic heterocycles. The topological polar surface area (TPSA) is 64.9 Å². The molecule has 1 atom stereocenters. The molecule has 2 aromatic rings. The molecular formula is C18H25N3. The molecule has 4 N–H and O–H groups in total. The average Bonchev–Trinajstić information content (AvgIpc) is 2.50. The van der Waals surface area contributed by atoms with Crippen LogP contribution >= 0.6 is 0 Å². The maximum Gasteiger partial charge on any atom is 0.128 e. The van der Waals surface area contributed by atoms with Crippen molar-refractivity contribution in [3.05, 3.63) is 59.3 Å². The number of benzene rings is 1. The lowest BCUT2D eigenvalue weighted by molar-refractivity contribution is 0.321. The summed E-state index contributed by atoms with van der Waals surface area (Å²) >= 11 is 0. The fourth-order valence-electron chi connectivity index (χ4n) is 3.32. The summed E-state index contributed by atoms with van der Waals surface area (Å²) in [5.74, 6) is 0.546. The number of nitrogen functional groups attached to an aromatic ring is 1. The Kier molecular flexibility index (Phi) is 4.63. The van der Waals surface area contributed by atoms with Crippen molar-refractivity contribution in [2.75, 3.05) is 5.73 Å². The molecule has 3 heteroatoms. The molecule has 0 saturated carbocycles. The van der Waals surface area contributed by atoms with Gasteiger partial charge in [-0.05, 0) is 37.0 Å². The Bertz CT molecular complexity index is 568. The van der Waals surface area contributed by atoms with E-state index >= 15 is 0 Å². The van der Waals surface area contributed by atoms with Crippen LogP contribution in [0.2, 0.25) is 0 Å². The van der Waals surface area contributed by atoms with Crippen molar-refractivity contribution in [2.24, 2.45) is 5.73 Å². The van der Waals surface area contributed by atoms with E-state index < -0.39 is 0 Å². The summed E-state index contributed by atoms with van der Waals surface area (Å²) in [6, 6.07) is 12.3. The predicted octanol–water partition coefficient (Wildman–Crippen LogP) is 3.73. The number of rotatable bonds is 5. The van der Waals surface area contributed by atoms with E-state index in [1.807, 2.05) is 19.1 Å². The summed E-state index contributed by atoms with van der Waals surface area (Å²) in [5.41, 5.74) is 16.1. The number of anilines is 1. The van der Waals surface area contributed by atoms with Crippen LogP contribution in [0.25, 0.3) is 0 Å². The molecule has 0 spiro atoms. The van der Waals surface area contributed by atoms with Crippen molar-refractivity contribution in [1.29, 1.82) is 0 Å². The monoisotopic (exact) mass is 283 g/mol. The van der Waals surface area contributed by atoms with Crippen LogP contribution in [0.3, 0.4) is 0 Å². The van der Waals surface area contributed by atoms with Crippen LogP contribution in [-0.4, -0.2) is 4.98 Å².